The maximum Gasteiger partial charge on any atom is 0.258 e. The smallest absolute Gasteiger partial charge is 0.258 e. The SMILES string of the molecule is COc1cc2c(cc1OC)-c1nn(C(=O)CC(=O)N3CCCC3)c(Nc3cccc(F)c3)c1C2. The second kappa shape index (κ2) is 8.81. The van der Waals surface area contributed by atoms with Crippen molar-refractivity contribution in [3.63, 3.8) is 0 Å². The first kappa shape index (κ1) is 21.9. The topological polar surface area (TPSA) is 85.7 Å². The number of likely N-dealkylation sites (tertiary alicyclic amines) is 1. The first-order chi connectivity index (χ1) is 16.5. The molecule has 3 aromatic rings. The molecule has 34 heavy (non-hydrogen) atoms. The number of hydrogen-bond donors (Lipinski definition) is 1. The van der Waals surface area contributed by atoms with E-state index >= 15 is 0 Å². The van der Waals surface area contributed by atoms with E-state index in [1.54, 1.807) is 31.3 Å². The van der Waals surface area contributed by atoms with Gasteiger partial charge in [0.2, 0.25) is 5.91 Å². The van der Waals surface area contributed by atoms with E-state index in [2.05, 4.69) is 10.4 Å². The average molecular weight is 464 g/mol. The molecule has 0 atom stereocenters. The number of nitrogens with one attached hydrogen (secondary N) is 1. The monoisotopic (exact) mass is 464 g/mol. The first-order valence-electron chi connectivity index (χ1n) is 11.2. The summed E-state index contributed by atoms with van der Waals surface area (Å²) >= 11 is 0. The molecule has 8 nitrogen and oxygen atoms in total. The Morgan fingerprint density at radius 3 is 2.50 bits per heavy atom. The number of rotatable bonds is 6. The van der Waals surface area contributed by atoms with Gasteiger partial charge >= 0.3 is 0 Å². The van der Waals surface area contributed by atoms with Crippen molar-refractivity contribution in [3.05, 3.63) is 53.3 Å². The predicted octanol–water partition coefficient (Wildman–Crippen LogP) is 4.01. The van der Waals surface area contributed by atoms with E-state index in [-0.39, 0.29) is 12.3 Å². The van der Waals surface area contributed by atoms with Crippen LogP contribution >= 0.6 is 0 Å². The number of carbonyl (C=O) groups is 2. The van der Waals surface area contributed by atoms with Gasteiger partial charge in [0.1, 0.15) is 18.1 Å². The van der Waals surface area contributed by atoms with Gasteiger partial charge in [-0.1, -0.05) is 6.07 Å². The van der Waals surface area contributed by atoms with Crippen molar-refractivity contribution >= 4 is 23.3 Å². The quantitative estimate of drug-likeness (QED) is 0.434. The Labute approximate surface area is 196 Å². The van der Waals surface area contributed by atoms with E-state index in [1.807, 2.05) is 12.1 Å². The van der Waals surface area contributed by atoms with Crippen molar-refractivity contribution in [1.29, 1.82) is 0 Å². The molecule has 0 radical (unpaired) electrons. The molecule has 5 rings (SSSR count). The van der Waals surface area contributed by atoms with Crippen molar-refractivity contribution in [2.45, 2.75) is 25.7 Å². The third-order valence-electron chi connectivity index (χ3n) is 6.30. The molecule has 2 aromatic carbocycles. The minimum atomic E-state index is -0.438. The van der Waals surface area contributed by atoms with Crippen LogP contribution in [0.2, 0.25) is 0 Å². The van der Waals surface area contributed by atoms with Gasteiger partial charge in [-0.15, -0.1) is 0 Å². The molecule has 1 N–H and O–H groups in total. The fraction of sp³-hybridized carbons (Fsp3) is 0.320. The Hall–Kier alpha value is -3.88. The molecule has 176 valence electrons. The van der Waals surface area contributed by atoms with Crippen LogP contribution in [0.3, 0.4) is 0 Å². The summed E-state index contributed by atoms with van der Waals surface area (Å²) in [6.45, 7) is 1.34. The maximum absolute atomic E-state index is 13.8. The Balaban J connectivity index is 1.55. The highest BCUT2D eigenvalue weighted by Gasteiger charge is 2.32. The second-order valence-corrected chi connectivity index (χ2v) is 8.42. The summed E-state index contributed by atoms with van der Waals surface area (Å²) < 4.78 is 26.0. The van der Waals surface area contributed by atoms with E-state index < -0.39 is 11.7 Å². The van der Waals surface area contributed by atoms with Crippen LogP contribution in [0.15, 0.2) is 36.4 Å². The normalized spacial score (nSPS) is 14.0. The predicted molar refractivity (Wildman–Crippen MR) is 124 cm³/mol. The van der Waals surface area contributed by atoms with E-state index in [0.29, 0.717) is 48.2 Å². The lowest BCUT2D eigenvalue weighted by Gasteiger charge is -2.16. The van der Waals surface area contributed by atoms with E-state index in [0.717, 1.165) is 29.5 Å². The number of halogens is 1. The molecule has 1 fully saturated rings. The fourth-order valence-electron chi connectivity index (χ4n) is 4.61. The highest BCUT2D eigenvalue weighted by Crippen LogP contribution is 2.45. The average Bonchev–Trinajstić information content (AvgIpc) is 3.55. The number of fused-ring (bicyclic) bond motifs is 3. The van der Waals surface area contributed by atoms with E-state index in [4.69, 9.17) is 9.47 Å². The van der Waals surface area contributed by atoms with Crippen molar-refractivity contribution in [1.82, 2.24) is 14.7 Å². The van der Waals surface area contributed by atoms with Gasteiger partial charge in [-0.25, -0.2) is 4.39 Å². The van der Waals surface area contributed by atoms with E-state index in [1.165, 1.54) is 16.8 Å². The Bertz CT molecular complexity index is 1280. The zero-order chi connectivity index (χ0) is 23.8. The Kier molecular flexibility index (Phi) is 5.69. The molecular weight excluding hydrogens is 439 g/mol. The van der Waals surface area contributed by atoms with Crippen LogP contribution in [0, 0.1) is 5.82 Å². The van der Waals surface area contributed by atoms with Crippen molar-refractivity contribution in [2.75, 3.05) is 32.6 Å². The Morgan fingerprint density at radius 2 is 1.79 bits per heavy atom. The fourth-order valence-corrected chi connectivity index (χ4v) is 4.61. The summed E-state index contributed by atoms with van der Waals surface area (Å²) in [5.41, 5.74) is 3.69. The largest absolute Gasteiger partial charge is 0.493 e. The minimum Gasteiger partial charge on any atom is -0.493 e. The minimum absolute atomic E-state index is 0.207. The van der Waals surface area contributed by atoms with Gasteiger partial charge in [-0.2, -0.15) is 9.78 Å². The van der Waals surface area contributed by atoms with Crippen LogP contribution in [0.1, 0.15) is 35.2 Å². The number of nitrogens with zero attached hydrogens (tertiary/aromatic N) is 3. The number of anilines is 2. The lowest BCUT2D eigenvalue weighted by molar-refractivity contribution is -0.129. The molecule has 0 spiro atoms. The third-order valence-corrected chi connectivity index (χ3v) is 6.30. The maximum atomic E-state index is 13.8. The lowest BCUT2D eigenvalue weighted by atomic mass is 10.1. The number of benzene rings is 2. The number of carbonyl (C=O) groups excluding carboxylic acids is 2. The third kappa shape index (κ3) is 3.87. The zero-order valence-corrected chi connectivity index (χ0v) is 19.1. The molecular formula is C25H25FN4O4. The highest BCUT2D eigenvalue weighted by molar-refractivity contribution is 6.00. The summed E-state index contributed by atoms with van der Waals surface area (Å²) in [6, 6.07) is 9.72. The van der Waals surface area contributed by atoms with Gasteiger partial charge in [0.25, 0.3) is 5.91 Å². The number of ether oxygens (including phenoxy) is 2. The number of hydrogen-bond acceptors (Lipinski definition) is 6. The first-order valence-corrected chi connectivity index (χ1v) is 11.2. The van der Waals surface area contributed by atoms with Crippen LogP contribution in [0.5, 0.6) is 11.5 Å². The summed E-state index contributed by atoms with van der Waals surface area (Å²) in [4.78, 5) is 27.6. The van der Waals surface area contributed by atoms with Gasteiger partial charge in [0, 0.05) is 36.3 Å². The molecule has 2 aliphatic rings. The summed E-state index contributed by atoms with van der Waals surface area (Å²) in [5.74, 6) is 0.536. The molecule has 1 aliphatic carbocycles. The number of methoxy groups -OCH3 is 2. The van der Waals surface area contributed by atoms with Gasteiger partial charge in [-0.3, -0.25) is 9.59 Å². The lowest BCUT2D eigenvalue weighted by Crippen LogP contribution is -2.31. The standard InChI is InChI=1S/C25H25FN4O4/c1-33-20-11-15-10-19-24(18(15)13-21(20)34-2)28-30(23(32)14-22(31)29-8-3-4-9-29)25(19)27-17-7-5-6-16(26)12-17/h5-7,11-13,27H,3-4,8-10,14H2,1-2H3. The van der Waals surface area contributed by atoms with Gasteiger partial charge in [0.15, 0.2) is 11.5 Å². The van der Waals surface area contributed by atoms with E-state index in [9.17, 15) is 14.0 Å². The number of amides is 1. The highest BCUT2D eigenvalue weighted by atomic mass is 19.1. The molecule has 1 aliphatic heterocycles. The zero-order valence-electron chi connectivity index (χ0n) is 19.1. The molecule has 1 aromatic heterocycles. The molecule has 1 saturated heterocycles. The Morgan fingerprint density at radius 1 is 1.06 bits per heavy atom. The van der Waals surface area contributed by atoms with Crippen molar-refractivity contribution < 1.29 is 23.5 Å². The van der Waals surface area contributed by atoms with Crippen LogP contribution in [0.4, 0.5) is 15.9 Å². The van der Waals surface area contributed by atoms with Crippen LogP contribution in [-0.2, 0) is 11.2 Å². The molecule has 2 heterocycles. The molecule has 1 amide bonds. The molecule has 0 unspecified atom stereocenters. The number of aromatic nitrogens is 2. The molecule has 0 saturated carbocycles. The van der Waals surface area contributed by atoms with Crippen molar-refractivity contribution in [2.24, 2.45) is 0 Å². The van der Waals surface area contributed by atoms with Crippen LogP contribution in [0.25, 0.3) is 11.3 Å². The van der Waals surface area contributed by atoms with Crippen LogP contribution < -0.4 is 14.8 Å². The summed E-state index contributed by atoms with van der Waals surface area (Å²) in [6.07, 6.45) is 2.11. The molecule has 9 heteroatoms. The molecule has 0 bridgehead atoms. The van der Waals surface area contributed by atoms with Crippen LogP contribution in [-0.4, -0.2) is 53.8 Å². The van der Waals surface area contributed by atoms with Gasteiger partial charge in [0.05, 0.1) is 19.9 Å². The van der Waals surface area contributed by atoms with Crippen molar-refractivity contribution in [3.8, 4) is 22.8 Å². The van der Waals surface area contributed by atoms with Gasteiger partial charge in [-0.05, 0) is 48.7 Å². The summed E-state index contributed by atoms with van der Waals surface area (Å²) in [7, 11) is 3.13. The second-order valence-electron chi connectivity index (χ2n) is 8.42. The van der Waals surface area contributed by atoms with Gasteiger partial charge < -0.3 is 19.7 Å². The summed E-state index contributed by atoms with van der Waals surface area (Å²) in [5, 5.41) is 7.77.